The van der Waals surface area contributed by atoms with Gasteiger partial charge in [-0.05, 0) is 68.8 Å². The van der Waals surface area contributed by atoms with Crippen molar-refractivity contribution in [1.29, 1.82) is 0 Å². The lowest BCUT2D eigenvalue weighted by atomic mass is 9.48. The van der Waals surface area contributed by atoms with E-state index in [4.69, 9.17) is 0 Å². The van der Waals surface area contributed by atoms with E-state index in [1.165, 1.54) is 0 Å². The molecule has 34 heavy (non-hydrogen) atoms. The van der Waals surface area contributed by atoms with E-state index >= 15 is 0 Å². The molecule has 4 saturated carbocycles. The lowest BCUT2D eigenvalue weighted by molar-refractivity contribution is -0.163. The third-order valence-corrected chi connectivity index (χ3v) is 9.12. The molecule has 1 aromatic rings. The third-order valence-electron chi connectivity index (χ3n) is 9.12. The van der Waals surface area contributed by atoms with Crippen LogP contribution in [-0.4, -0.2) is 88.2 Å². The Morgan fingerprint density at radius 2 is 1.68 bits per heavy atom. The predicted molar refractivity (Wildman–Crippen MR) is 126 cm³/mol. The Kier molecular flexibility index (Phi) is 5.62. The van der Waals surface area contributed by atoms with E-state index in [0.717, 1.165) is 64.6 Å². The first kappa shape index (κ1) is 22.1. The number of likely N-dealkylation sites (tertiary alicyclic amines) is 1. The van der Waals surface area contributed by atoms with Crippen LogP contribution >= 0.6 is 0 Å². The number of urea groups is 1. The summed E-state index contributed by atoms with van der Waals surface area (Å²) in [6, 6.07) is 1.90. The lowest BCUT2D eigenvalue weighted by Gasteiger charge is -2.58. The Hall–Kier alpha value is -2.42. The fourth-order valence-electron chi connectivity index (χ4n) is 7.64. The Morgan fingerprint density at radius 3 is 2.38 bits per heavy atom. The number of aromatic nitrogens is 2. The van der Waals surface area contributed by atoms with Crippen LogP contribution in [0, 0.1) is 23.2 Å². The highest BCUT2D eigenvalue weighted by Crippen LogP contribution is 2.60. The largest absolute Gasteiger partial charge is 0.393 e. The molecule has 2 saturated heterocycles. The highest BCUT2D eigenvalue weighted by Gasteiger charge is 2.58. The number of carbonyl (C=O) groups is 2. The summed E-state index contributed by atoms with van der Waals surface area (Å²) < 4.78 is 0. The number of anilines is 1. The number of rotatable bonds is 3. The predicted octanol–water partition coefficient (Wildman–Crippen LogP) is 1.49. The van der Waals surface area contributed by atoms with Crippen LogP contribution in [0.15, 0.2) is 18.5 Å². The number of nitrogens with one attached hydrogen (secondary N) is 1. The lowest BCUT2D eigenvalue weighted by Crippen LogP contribution is -2.61. The van der Waals surface area contributed by atoms with Gasteiger partial charge < -0.3 is 25.1 Å². The normalized spacial score (nSPS) is 37.1. The Balaban J connectivity index is 1.04. The van der Waals surface area contributed by atoms with Gasteiger partial charge in [0.1, 0.15) is 0 Å². The van der Waals surface area contributed by atoms with Gasteiger partial charge in [0.2, 0.25) is 11.9 Å². The number of hydrogen-bond acceptors (Lipinski definition) is 6. The number of aliphatic hydroxyl groups is 1. The van der Waals surface area contributed by atoms with Crippen LogP contribution in [0.5, 0.6) is 0 Å². The average molecular weight is 469 g/mol. The van der Waals surface area contributed by atoms with Crippen molar-refractivity contribution in [3.63, 3.8) is 0 Å². The molecule has 6 aliphatic rings. The monoisotopic (exact) mass is 468 g/mol. The minimum absolute atomic E-state index is 0.0159. The van der Waals surface area contributed by atoms with Crippen molar-refractivity contribution in [2.75, 3.05) is 44.2 Å². The van der Waals surface area contributed by atoms with Crippen molar-refractivity contribution in [2.24, 2.45) is 23.2 Å². The average Bonchev–Trinajstić information content (AvgIpc) is 2.87. The number of amides is 3. The highest BCUT2D eigenvalue weighted by molar-refractivity contribution is 5.83. The molecule has 1 aromatic heterocycles. The molecule has 6 fully saturated rings. The summed E-state index contributed by atoms with van der Waals surface area (Å²) in [5.41, 5.74) is -0.294. The van der Waals surface area contributed by atoms with E-state index in [1.807, 2.05) is 9.80 Å². The van der Waals surface area contributed by atoms with E-state index in [1.54, 1.807) is 18.5 Å². The molecule has 3 heterocycles. The molecule has 9 nitrogen and oxygen atoms in total. The SMILES string of the molecule is O=C(N1CCN(c2ncccn2)CC1)N1CCC[C@H](NC(=O)C23CC4CC(C2)C(O)C(C4)C3)C1. The molecule has 0 spiro atoms. The van der Waals surface area contributed by atoms with E-state index < -0.39 is 0 Å². The van der Waals surface area contributed by atoms with Crippen LogP contribution in [0.25, 0.3) is 0 Å². The molecule has 0 radical (unpaired) electrons. The molecule has 9 heteroatoms. The van der Waals surface area contributed by atoms with Gasteiger partial charge in [-0.25, -0.2) is 14.8 Å². The Morgan fingerprint density at radius 1 is 0.971 bits per heavy atom. The van der Waals surface area contributed by atoms with Crippen molar-refractivity contribution in [3.8, 4) is 0 Å². The molecule has 0 aromatic carbocycles. The topological polar surface area (TPSA) is 102 Å². The molecule has 2 unspecified atom stereocenters. The third kappa shape index (κ3) is 3.91. The minimum atomic E-state index is -0.294. The summed E-state index contributed by atoms with van der Waals surface area (Å²) in [6.45, 7) is 4.09. The zero-order valence-corrected chi connectivity index (χ0v) is 19.8. The fourth-order valence-corrected chi connectivity index (χ4v) is 7.64. The molecule has 2 aliphatic heterocycles. The Labute approximate surface area is 200 Å². The number of nitrogens with zero attached hydrogens (tertiary/aromatic N) is 5. The first-order valence-electron chi connectivity index (χ1n) is 13.1. The molecule has 7 rings (SSSR count). The summed E-state index contributed by atoms with van der Waals surface area (Å²) in [5.74, 6) is 2.07. The second kappa shape index (κ2) is 8.66. The van der Waals surface area contributed by atoms with Crippen LogP contribution in [-0.2, 0) is 4.79 Å². The summed E-state index contributed by atoms with van der Waals surface area (Å²) in [4.78, 5) is 41.3. The van der Waals surface area contributed by atoms with Crippen LogP contribution in [0.3, 0.4) is 0 Å². The first-order chi connectivity index (χ1) is 16.5. The van der Waals surface area contributed by atoms with E-state index in [0.29, 0.717) is 43.3 Å². The second-order valence-electron chi connectivity index (χ2n) is 11.3. The van der Waals surface area contributed by atoms with E-state index in [2.05, 4.69) is 20.2 Å². The second-order valence-corrected chi connectivity index (χ2v) is 11.3. The smallest absolute Gasteiger partial charge is 0.320 e. The standard InChI is InChI=1S/C25H36N6O3/c32-21-18-11-17-12-19(21)15-25(13-17,14-18)22(33)28-20-3-1-6-31(16-20)24(34)30-9-7-29(8-10-30)23-26-4-2-5-27-23/h2,4-5,17-21,32H,1,3,6-16H2,(H,28,33)/t17?,18?,19?,20-,21?,25?/m0/s1. The number of piperazine rings is 1. The van der Waals surface area contributed by atoms with Gasteiger partial charge in [0, 0.05) is 57.7 Å². The van der Waals surface area contributed by atoms with Crippen molar-refractivity contribution >= 4 is 17.9 Å². The Bertz CT molecular complexity index is 904. The van der Waals surface area contributed by atoms with Gasteiger partial charge in [-0.2, -0.15) is 0 Å². The van der Waals surface area contributed by atoms with E-state index in [-0.39, 0.29) is 29.5 Å². The maximum Gasteiger partial charge on any atom is 0.320 e. The van der Waals surface area contributed by atoms with Crippen molar-refractivity contribution in [3.05, 3.63) is 18.5 Å². The van der Waals surface area contributed by atoms with Crippen LogP contribution in [0.1, 0.15) is 44.9 Å². The fraction of sp³-hybridized carbons (Fsp3) is 0.760. The molecular formula is C25H36N6O3. The van der Waals surface area contributed by atoms with Gasteiger partial charge in [-0.1, -0.05) is 0 Å². The van der Waals surface area contributed by atoms with Crippen LogP contribution in [0.4, 0.5) is 10.7 Å². The molecule has 4 aliphatic carbocycles. The summed E-state index contributed by atoms with van der Waals surface area (Å²) in [7, 11) is 0. The molecule has 4 bridgehead atoms. The van der Waals surface area contributed by atoms with Gasteiger partial charge in [-0.3, -0.25) is 4.79 Å². The summed E-state index contributed by atoms with van der Waals surface area (Å²) in [6.07, 6.45) is 9.91. The van der Waals surface area contributed by atoms with Crippen molar-refractivity contribution < 1.29 is 14.7 Å². The quantitative estimate of drug-likeness (QED) is 0.697. The maximum absolute atomic E-state index is 13.5. The van der Waals surface area contributed by atoms with Gasteiger partial charge >= 0.3 is 6.03 Å². The summed E-state index contributed by atoms with van der Waals surface area (Å²) in [5, 5.41) is 13.9. The molecule has 3 atom stereocenters. The number of hydrogen-bond donors (Lipinski definition) is 2. The minimum Gasteiger partial charge on any atom is -0.393 e. The van der Waals surface area contributed by atoms with Crippen molar-refractivity contribution in [1.82, 2.24) is 25.1 Å². The van der Waals surface area contributed by atoms with Crippen LogP contribution in [0.2, 0.25) is 0 Å². The number of piperidine rings is 1. The van der Waals surface area contributed by atoms with Gasteiger partial charge in [0.15, 0.2) is 0 Å². The zero-order valence-electron chi connectivity index (χ0n) is 19.8. The number of aliphatic hydroxyl groups excluding tert-OH is 1. The maximum atomic E-state index is 13.5. The van der Waals surface area contributed by atoms with Crippen LogP contribution < -0.4 is 10.2 Å². The van der Waals surface area contributed by atoms with Gasteiger partial charge in [0.05, 0.1) is 11.5 Å². The number of carbonyl (C=O) groups excluding carboxylic acids is 2. The van der Waals surface area contributed by atoms with Gasteiger partial charge in [-0.15, -0.1) is 0 Å². The zero-order chi connectivity index (χ0) is 23.3. The molecular weight excluding hydrogens is 432 g/mol. The highest BCUT2D eigenvalue weighted by atomic mass is 16.3. The molecule has 3 amide bonds. The molecule has 184 valence electrons. The molecule has 2 N–H and O–H groups in total. The van der Waals surface area contributed by atoms with E-state index in [9.17, 15) is 14.7 Å². The van der Waals surface area contributed by atoms with Crippen molar-refractivity contribution in [2.45, 2.75) is 57.1 Å². The first-order valence-corrected chi connectivity index (χ1v) is 13.1. The van der Waals surface area contributed by atoms with Gasteiger partial charge in [0.25, 0.3) is 0 Å². The summed E-state index contributed by atoms with van der Waals surface area (Å²) >= 11 is 0.